The number of rotatable bonds is 0. The van der Waals surface area contributed by atoms with Crippen LogP contribution in [0.1, 0.15) is 12.8 Å². The first-order valence-electron chi connectivity index (χ1n) is 3.92. The molecule has 0 amide bonds. The molecule has 0 aromatic rings. The maximum atomic E-state index is 2.36. The second-order valence-corrected chi connectivity index (χ2v) is 3.35. The number of hydrogen-bond donors (Lipinski definition) is 0. The molecule has 0 saturated carbocycles. The molecule has 1 aliphatic heterocycles. The van der Waals surface area contributed by atoms with Crippen LogP contribution in [0.3, 0.4) is 0 Å². The minimum absolute atomic E-state index is 1.32. The van der Waals surface area contributed by atoms with Gasteiger partial charge in [0.1, 0.15) is 0 Å². The minimum atomic E-state index is 1.32. The van der Waals surface area contributed by atoms with Crippen molar-refractivity contribution < 1.29 is 0 Å². The molecule has 2 heteroatoms. The maximum Gasteiger partial charge on any atom is -0.00213 e. The van der Waals surface area contributed by atoms with Crippen LogP contribution in [-0.2, 0) is 0 Å². The summed E-state index contributed by atoms with van der Waals surface area (Å²) in [6.45, 7) is 2.64. The van der Waals surface area contributed by atoms with E-state index in [2.05, 4.69) is 11.9 Å². The lowest BCUT2D eigenvalue weighted by Gasteiger charge is -2.01. The Bertz CT molecular complexity index is 62.9. The van der Waals surface area contributed by atoms with E-state index in [1.54, 1.807) is 0 Å². The first-order valence-corrected chi connectivity index (χ1v) is 3.92. The fourth-order valence-electron chi connectivity index (χ4n) is 0.875. The van der Waals surface area contributed by atoms with Crippen molar-refractivity contribution in [3.63, 3.8) is 0 Å². The van der Waals surface area contributed by atoms with Gasteiger partial charge in [0.25, 0.3) is 0 Å². The Kier molecular flexibility index (Phi) is 5.64. The summed E-state index contributed by atoms with van der Waals surface area (Å²) < 4.78 is 0. The normalized spacial score (nSPS) is 18.9. The average molecular weight is 144 g/mol. The first kappa shape index (κ1) is 9.92. The van der Waals surface area contributed by atoms with Crippen molar-refractivity contribution in [3.8, 4) is 0 Å². The zero-order valence-corrected chi connectivity index (χ0v) is 7.72. The Morgan fingerprint density at radius 1 is 1.00 bits per heavy atom. The summed E-state index contributed by atoms with van der Waals surface area (Å²) in [5, 5.41) is 0. The molecule has 10 heavy (non-hydrogen) atoms. The lowest BCUT2D eigenvalue weighted by Crippen LogP contribution is -2.10. The Balaban J connectivity index is 0.000000180. The Hall–Kier alpha value is -0.0800. The van der Waals surface area contributed by atoms with Crippen LogP contribution < -0.4 is 0 Å². The average Bonchev–Trinajstić information content (AvgIpc) is 2.15. The minimum Gasteiger partial charge on any atom is -0.312 e. The molecule has 0 aromatic heterocycles. The van der Waals surface area contributed by atoms with E-state index in [1.165, 1.54) is 25.9 Å². The molecule has 0 unspecified atom stereocenters. The molecule has 0 N–H and O–H groups in total. The molecule has 0 aliphatic carbocycles. The predicted octanol–water partition coefficient (Wildman–Crippen LogP) is 0.890. The summed E-state index contributed by atoms with van der Waals surface area (Å²) in [5.41, 5.74) is 0. The van der Waals surface area contributed by atoms with Crippen LogP contribution in [0.4, 0.5) is 0 Å². The third kappa shape index (κ3) is 7.92. The van der Waals surface area contributed by atoms with Crippen molar-refractivity contribution in [1.29, 1.82) is 0 Å². The molecule has 1 rings (SSSR count). The van der Waals surface area contributed by atoms with E-state index in [9.17, 15) is 0 Å². The molecule has 0 radical (unpaired) electrons. The summed E-state index contributed by atoms with van der Waals surface area (Å²) in [7, 11) is 8.17. The topological polar surface area (TPSA) is 6.48 Å². The molecular weight excluding hydrogens is 124 g/mol. The third-order valence-corrected chi connectivity index (χ3v) is 1.33. The molecule has 0 atom stereocenters. The lowest BCUT2D eigenvalue weighted by atomic mass is 10.4. The molecule has 1 saturated heterocycles. The van der Waals surface area contributed by atoms with Crippen molar-refractivity contribution in [1.82, 2.24) is 9.80 Å². The monoisotopic (exact) mass is 144 g/mol. The Morgan fingerprint density at radius 2 is 1.30 bits per heavy atom. The van der Waals surface area contributed by atoms with Gasteiger partial charge in [-0.1, -0.05) is 0 Å². The zero-order valence-electron chi connectivity index (χ0n) is 7.72. The van der Waals surface area contributed by atoms with Crippen molar-refractivity contribution >= 4 is 0 Å². The van der Waals surface area contributed by atoms with Gasteiger partial charge in [0.2, 0.25) is 0 Å². The van der Waals surface area contributed by atoms with Gasteiger partial charge in [-0.3, -0.25) is 0 Å². The lowest BCUT2D eigenvalue weighted by molar-refractivity contribution is 0.418. The molecule has 1 aliphatic rings. The Labute approximate surface area is 64.8 Å². The predicted molar refractivity (Wildman–Crippen MR) is 46.3 cm³/mol. The summed E-state index contributed by atoms with van der Waals surface area (Å²) in [4.78, 5) is 4.36. The molecular formula is C8H20N2. The summed E-state index contributed by atoms with van der Waals surface area (Å²) in [6.07, 6.45) is 2.83. The standard InChI is InChI=1S/C5H11N.C3H9N/c1-6-4-2-3-5-6;1-4(2)3/h2-5H2,1H3;1-3H3. The zero-order chi connectivity index (χ0) is 7.98. The molecule has 0 aromatic carbocycles. The SMILES string of the molecule is CN(C)C.CN1CCCC1. The Morgan fingerprint density at radius 3 is 1.40 bits per heavy atom. The van der Waals surface area contributed by atoms with Gasteiger partial charge >= 0.3 is 0 Å². The molecule has 62 valence electrons. The second-order valence-electron chi connectivity index (χ2n) is 3.35. The van der Waals surface area contributed by atoms with Gasteiger partial charge in [0.05, 0.1) is 0 Å². The second kappa shape index (κ2) is 5.69. The van der Waals surface area contributed by atoms with Gasteiger partial charge in [-0.15, -0.1) is 0 Å². The van der Waals surface area contributed by atoms with E-state index in [0.717, 1.165) is 0 Å². The summed E-state index contributed by atoms with van der Waals surface area (Å²) in [6, 6.07) is 0. The summed E-state index contributed by atoms with van der Waals surface area (Å²) >= 11 is 0. The van der Waals surface area contributed by atoms with Gasteiger partial charge in [0, 0.05) is 0 Å². The van der Waals surface area contributed by atoms with E-state index >= 15 is 0 Å². The van der Waals surface area contributed by atoms with Crippen molar-refractivity contribution in [2.75, 3.05) is 41.3 Å². The quantitative estimate of drug-likeness (QED) is 0.498. The number of hydrogen-bond acceptors (Lipinski definition) is 2. The van der Waals surface area contributed by atoms with Crippen molar-refractivity contribution in [3.05, 3.63) is 0 Å². The molecule has 0 spiro atoms. The molecule has 2 nitrogen and oxygen atoms in total. The van der Waals surface area contributed by atoms with Gasteiger partial charge in [-0.2, -0.15) is 0 Å². The van der Waals surface area contributed by atoms with E-state index < -0.39 is 0 Å². The van der Waals surface area contributed by atoms with Gasteiger partial charge in [-0.05, 0) is 54.1 Å². The van der Waals surface area contributed by atoms with Crippen LogP contribution in [0.5, 0.6) is 0 Å². The third-order valence-electron chi connectivity index (χ3n) is 1.33. The highest BCUT2D eigenvalue weighted by atomic mass is 15.1. The summed E-state index contributed by atoms with van der Waals surface area (Å²) in [5.74, 6) is 0. The van der Waals surface area contributed by atoms with E-state index in [1.807, 2.05) is 26.0 Å². The van der Waals surface area contributed by atoms with Gasteiger partial charge < -0.3 is 9.80 Å². The van der Waals surface area contributed by atoms with Crippen LogP contribution >= 0.6 is 0 Å². The highest BCUT2D eigenvalue weighted by Gasteiger charge is 2.03. The van der Waals surface area contributed by atoms with Gasteiger partial charge in [0.15, 0.2) is 0 Å². The van der Waals surface area contributed by atoms with E-state index in [4.69, 9.17) is 0 Å². The van der Waals surface area contributed by atoms with E-state index in [0.29, 0.717) is 0 Å². The van der Waals surface area contributed by atoms with Crippen LogP contribution in [0.2, 0.25) is 0 Å². The smallest absolute Gasteiger partial charge is 0.00213 e. The largest absolute Gasteiger partial charge is 0.312 e. The van der Waals surface area contributed by atoms with Crippen LogP contribution in [0, 0.1) is 0 Å². The van der Waals surface area contributed by atoms with Crippen LogP contribution in [0.25, 0.3) is 0 Å². The van der Waals surface area contributed by atoms with Gasteiger partial charge in [-0.25, -0.2) is 0 Å². The molecule has 1 heterocycles. The van der Waals surface area contributed by atoms with Crippen LogP contribution in [0.15, 0.2) is 0 Å². The van der Waals surface area contributed by atoms with Crippen molar-refractivity contribution in [2.45, 2.75) is 12.8 Å². The fraction of sp³-hybridized carbons (Fsp3) is 1.00. The highest BCUT2D eigenvalue weighted by molar-refractivity contribution is 4.59. The molecule has 0 bridgehead atoms. The van der Waals surface area contributed by atoms with Crippen molar-refractivity contribution in [2.24, 2.45) is 0 Å². The molecule has 1 fully saturated rings. The fourth-order valence-corrected chi connectivity index (χ4v) is 0.875. The van der Waals surface area contributed by atoms with Crippen LogP contribution in [-0.4, -0.2) is 51.1 Å². The maximum absolute atomic E-state index is 2.36. The number of nitrogens with zero attached hydrogens (tertiary/aromatic N) is 2. The first-order chi connectivity index (χ1) is 4.63. The van der Waals surface area contributed by atoms with E-state index in [-0.39, 0.29) is 0 Å². The number of likely N-dealkylation sites (tertiary alicyclic amines) is 1. The highest BCUT2D eigenvalue weighted by Crippen LogP contribution is 2.01.